The molecule has 2 rings (SSSR count). The Labute approximate surface area is 109 Å². The zero-order valence-electron chi connectivity index (χ0n) is 7.34. The van der Waals surface area contributed by atoms with E-state index in [1.54, 1.807) is 12.1 Å². The van der Waals surface area contributed by atoms with Gasteiger partial charge in [0.1, 0.15) is 10.1 Å². The molecule has 2 aromatic rings. The average molecular weight is 327 g/mol. The second-order valence-corrected chi connectivity index (χ2v) is 5.80. The van der Waals surface area contributed by atoms with Gasteiger partial charge in [0.25, 0.3) is 0 Å². The highest BCUT2D eigenvalue weighted by Crippen LogP contribution is 2.36. The molecule has 0 saturated carbocycles. The number of hydrogen-bond donors (Lipinski definition) is 1. The van der Waals surface area contributed by atoms with Crippen LogP contribution in [-0.2, 0) is 0 Å². The summed E-state index contributed by atoms with van der Waals surface area (Å²) in [7, 11) is 0. The lowest BCUT2D eigenvalue weighted by atomic mass is 10.2. The molecule has 2 heterocycles. The van der Waals surface area contributed by atoms with Crippen LogP contribution in [0.2, 0.25) is 9.56 Å². The fourth-order valence-electron chi connectivity index (χ4n) is 1.15. The molecule has 0 bridgehead atoms. The van der Waals surface area contributed by atoms with E-state index in [0.29, 0.717) is 15.3 Å². The monoisotopic (exact) mass is 325 g/mol. The third kappa shape index (κ3) is 2.40. The topological polar surface area (TPSA) is 39.2 Å². The van der Waals surface area contributed by atoms with E-state index < -0.39 is 0 Å². The molecule has 0 aliphatic carbocycles. The van der Waals surface area contributed by atoms with Crippen LogP contribution in [0.4, 0.5) is 0 Å². The highest BCUT2D eigenvalue weighted by Gasteiger charge is 2.16. The van der Waals surface area contributed by atoms with Gasteiger partial charge in [-0.15, -0.1) is 11.3 Å². The Morgan fingerprint density at radius 3 is 2.60 bits per heavy atom. The number of thiophene rings is 1. The SMILES string of the molecule is NC(c1ccc(Cl)o1)c1cc(Br)c(Cl)s1. The third-order valence-electron chi connectivity index (χ3n) is 1.87. The molecule has 0 fully saturated rings. The molecule has 2 N–H and O–H groups in total. The van der Waals surface area contributed by atoms with Crippen LogP contribution in [0.15, 0.2) is 27.1 Å². The van der Waals surface area contributed by atoms with Crippen LogP contribution in [0.5, 0.6) is 0 Å². The van der Waals surface area contributed by atoms with Gasteiger partial charge in [-0.2, -0.15) is 0 Å². The Kier molecular flexibility index (Phi) is 3.42. The molecule has 0 aliphatic heterocycles. The van der Waals surface area contributed by atoms with Crippen LogP contribution < -0.4 is 5.73 Å². The van der Waals surface area contributed by atoms with Crippen molar-refractivity contribution in [2.75, 3.05) is 0 Å². The summed E-state index contributed by atoms with van der Waals surface area (Å²) in [5.41, 5.74) is 5.99. The van der Waals surface area contributed by atoms with Crippen molar-refractivity contribution < 1.29 is 4.42 Å². The van der Waals surface area contributed by atoms with Crippen LogP contribution in [0.25, 0.3) is 0 Å². The van der Waals surface area contributed by atoms with Crippen molar-refractivity contribution in [1.82, 2.24) is 0 Å². The third-order valence-corrected chi connectivity index (χ3v) is 4.63. The van der Waals surface area contributed by atoms with Crippen molar-refractivity contribution in [2.45, 2.75) is 6.04 Å². The summed E-state index contributed by atoms with van der Waals surface area (Å²) in [5.74, 6) is 0.630. The molecule has 0 radical (unpaired) electrons. The van der Waals surface area contributed by atoms with E-state index in [-0.39, 0.29) is 6.04 Å². The van der Waals surface area contributed by atoms with Crippen molar-refractivity contribution in [2.24, 2.45) is 5.73 Å². The molecule has 0 spiro atoms. The first kappa shape index (κ1) is 11.5. The Balaban J connectivity index is 2.31. The van der Waals surface area contributed by atoms with E-state index in [1.165, 1.54) is 11.3 Å². The molecule has 80 valence electrons. The maximum absolute atomic E-state index is 5.99. The van der Waals surface area contributed by atoms with E-state index in [2.05, 4.69) is 15.9 Å². The molecular formula is C9H6BrCl2NOS. The average Bonchev–Trinajstić information content (AvgIpc) is 2.74. The molecule has 1 atom stereocenters. The molecule has 2 nitrogen and oxygen atoms in total. The van der Waals surface area contributed by atoms with Crippen LogP contribution in [0, 0.1) is 0 Å². The minimum Gasteiger partial charge on any atom is -0.448 e. The number of halogens is 3. The summed E-state index contributed by atoms with van der Waals surface area (Å²) in [6.45, 7) is 0. The standard InChI is InChI=1S/C9H6BrCl2NOS/c10-4-3-6(15-9(4)12)8(13)5-1-2-7(11)14-5/h1-3,8H,13H2. The minimum atomic E-state index is -0.328. The largest absolute Gasteiger partial charge is 0.448 e. The van der Waals surface area contributed by atoms with E-state index in [1.807, 2.05) is 6.07 Å². The number of rotatable bonds is 2. The van der Waals surface area contributed by atoms with Crippen molar-refractivity contribution in [3.63, 3.8) is 0 Å². The second-order valence-electron chi connectivity index (χ2n) is 2.89. The molecule has 6 heteroatoms. The fourth-order valence-corrected chi connectivity index (χ4v) is 3.05. The predicted molar refractivity (Wildman–Crippen MR) is 66.8 cm³/mol. The maximum atomic E-state index is 5.99. The predicted octanol–water partition coefficient (Wildman–Crippen LogP) is 4.46. The van der Waals surface area contributed by atoms with Gasteiger partial charge in [-0.3, -0.25) is 0 Å². The van der Waals surface area contributed by atoms with Gasteiger partial charge in [0.15, 0.2) is 5.22 Å². The highest BCUT2D eigenvalue weighted by molar-refractivity contribution is 9.10. The molecule has 15 heavy (non-hydrogen) atoms. The summed E-state index contributed by atoms with van der Waals surface area (Å²) < 4.78 is 6.76. The zero-order valence-corrected chi connectivity index (χ0v) is 11.3. The zero-order chi connectivity index (χ0) is 11.0. The molecule has 0 aromatic carbocycles. The maximum Gasteiger partial charge on any atom is 0.193 e. The lowest BCUT2D eigenvalue weighted by Gasteiger charge is -2.04. The summed E-state index contributed by atoms with van der Waals surface area (Å²) >= 11 is 16.3. The van der Waals surface area contributed by atoms with Gasteiger partial charge in [0.2, 0.25) is 0 Å². The smallest absolute Gasteiger partial charge is 0.193 e. The van der Waals surface area contributed by atoms with E-state index in [4.69, 9.17) is 33.4 Å². The van der Waals surface area contributed by atoms with Crippen molar-refractivity contribution in [3.8, 4) is 0 Å². The summed E-state index contributed by atoms with van der Waals surface area (Å²) in [6.07, 6.45) is 0. The summed E-state index contributed by atoms with van der Waals surface area (Å²) in [4.78, 5) is 0.929. The molecule has 0 saturated heterocycles. The normalized spacial score (nSPS) is 13.1. The first-order valence-corrected chi connectivity index (χ1v) is 6.40. The van der Waals surface area contributed by atoms with Crippen molar-refractivity contribution in [1.29, 1.82) is 0 Å². The first-order chi connectivity index (χ1) is 7.08. The summed E-state index contributed by atoms with van der Waals surface area (Å²) in [6, 6.07) is 4.98. The van der Waals surface area contributed by atoms with E-state index in [0.717, 1.165) is 9.35 Å². The molecule has 0 aliphatic rings. The van der Waals surface area contributed by atoms with Crippen LogP contribution in [0.3, 0.4) is 0 Å². The van der Waals surface area contributed by atoms with Gasteiger partial charge >= 0.3 is 0 Å². The van der Waals surface area contributed by atoms with Gasteiger partial charge in [-0.05, 0) is 45.7 Å². The molecule has 2 aromatic heterocycles. The fraction of sp³-hybridized carbons (Fsp3) is 0.111. The molecule has 1 unspecified atom stereocenters. The number of furan rings is 1. The highest BCUT2D eigenvalue weighted by atomic mass is 79.9. The summed E-state index contributed by atoms with van der Waals surface area (Å²) in [5, 5.41) is 0.335. The van der Waals surface area contributed by atoms with Crippen LogP contribution >= 0.6 is 50.5 Å². The molecular weight excluding hydrogens is 321 g/mol. The van der Waals surface area contributed by atoms with Gasteiger partial charge in [-0.25, -0.2) is 0 Å². The number of nitrogens with two attached hydrogens (primary N) is 1. The van der Waals surface area contributed by atoms with E-state index in [9.17, 15) is 0 Å². The van der Waals surface area contributed by atoms with E-state index >= 15 is 0 Å². The van der Waals surface area contributed by atoms with Crippen LogP contribution in [0.1, 0.15) is 16.7 Å². The minimum absolute atomic E-state index is 0.328. The van der Waals surface area contributed by atoms with Gasteiger partial charge in [0.05, 0.1) is 6.04 Å². The Bertz CT molecular complexity index is 463. The van der Waals surface area contributed by atoms with Crippen molar-refractivity contribution in [3.05, 3.63) is 42.9 Å². The number of hydrogen-bond acceptors (Lipinski definition) is 3. The lowest BCUT2D eigenvalue weighted by Crippen LogP contribution is -2.08. The van der Waals surface area contributed by atoms with Gasteiger partial charge in [0, 0.05) is 9.35 Å². The Hall–Kier alpha value is -0.000000000000000139. The van der Waals surface area contributed by atoms with Gasteiger partial charge in [-0.1, -0.05) is 11.6 Å². The first-order valence-electron chi connectivity index (χ1n) is 4.03. The Morgan fingerprint density at radius 1 is 1.40 bits per heavy atom. The van der Waals surface area contributed by atoms with Gasteiger partial charge < -0.3 is 10.2 Å². The van der Waals surface area contributed by atoms with Crippen LogP contribution in [-0.4, -0.2) is 0 Å². The Morgan fingerprint density at radius 2 is 2.13 bits per heavy atom. The second kappa shape index (κ2) is 4.47. The molecule has 0 amide bonds. The quantitative estimate of drug-likeness (QED) is 0.885. The lowest BCUT2D eigenvalue weighted by molar-refractivity contribution is 0.493. The van der Waals surface area contributed by atoms with Crippen molar-refractivity contribution >= 4 is 50.5 Å².